The lowest BCUT2D eigenvalue weighted by Gasteiger charge is -2.19. The van der Waals surface area contributed by atoms with Gasteiger partial charge in [0.2, 0.25) is 10.0 Å². The maximum Gasteiger partial charge on any atom is 0.243 e. The summed E-state index contributed by atoms with van der Waals surface area (Å²) in [5.41, 5.74) is 1.06. The highest BCUT2D eigenvalue weighted by molar-refractivity contribution is 7.89. The molecule has 6 nitrogen and oxygen atoms in total. The van der Waals surface area contributed by atoms with E-state index in [-0.39, 0.29) is 17.2 Å². The number of hydrogen-bond acceptors (Lipinski definition) is 5. The molecule has 2 rings (SSSR count). The molecular weight excluding hydrogens is 342 g/mol. The van der Waals surface area contributed by atoms with E-state index >= 15 is 0 Å². The number of Topliss-reactive ketones (excluding diaryl/α,β-unsaturated/α-hetero) is 1. The average molecular weight is 363 g/mol. The second-order valence-electron chi connectivity index (χ2n) is 5.52. The van der Waals surface area contributed by atoms with Gasteiger partial charge < -0.3 is 9.47 Å². The predicted octanol–water partition coefficient (Wildman–Crippen LogP) is 2.73. The number of benzene rings is 2. The zero-order valence-corrected chi connectivity index (χ0v) is 15.5. The van der Waals surface area contributed by atoms with Gasteiger partial charge in [0.15, 0.2) is 5.78 Å². The van der Waals surface area contributed by atoms with Gasteiger partial charge in [0, 0.05) is 30.8 Å². The number of hydrogen-bond donors (Lipinski definition) is 0. The number of sulfonamides is 1. The van der Waals surface area contributed by atoms with Crippen LogP contribution in [-0.4, -0.2) is 39.8 Å². The molecule has 0 amide bonds. The van der Waals surface area contributed by atoms with E-state index in [0.717, 1.165) is 0 Å². The Hall–Kier alpha value is -2.38. The molecule has 25 heavy (non-hydrogen) atoms. The summed E-state index contributed by atoms with van der Waals surface area (Å²) in [4.78, 5) is 11.6. The number of ketones is 1. The standard InChI is InChI=1S/C18H21NO5S/c1-13(20)14-6-5-7-17(10-14)25(21,22)19(2)12-15-8-9-16(23-3)11-18(15)24-4/h5-11H,12H2,1-4H3. The quantitative estimate of drug-likeness (QED) is 0.707. The summed E-state index contributed by atoms with van der Waals surface area (Å²) < 4.78 is 37.2. The van der Waals surface area contributed by atoms with Gasteiger partial charge in [-0.15, -0.1) is 0 Å². The summed E-state index contributed by atoms with van der Waals surface area (Å²) >= 11 is 0. The van der Waals surface area contributed by atoms with Crippen LogP contribution in [0, 0.1) is 0 Å². The predicted molar refractivity (Wildman–Crippen MR) is 94.6 cm³/mol. The summed E-state index contributed by atoms with van der Waals surface area (Å²) in [6.45, 7) is 1.53. The molecule has 0 unspecified atom stereocenters. The molecule has 0 heterocycles. The van der Waals surface area contributed by atoms with Crippen molar-refractivity contribution in [2.24, 2.45) is 0 Å². The molecule has 0 bridgehead atoms. The first kappa shape index (κ1) is 19.0. The van der Waals surface area contributed by atoms with Crippen LogP contribution >= 0.6 is 0 Å². The van der Waals surface area contributed by atoms with Crippen molar-refractivity contribution in [2.75, 3.05) is 21.3 Å². The van der Waals surface area contributed by atoms with Gasteiger partial charge in [0.1, 0.15) is 11.5 Å². The summed E-state index contributed by atoms with van der Waals surface area (Å²) in [6, 6.07) is 11.2. The van der Waals surface area contributed by atoms with E-state index in [2.05, 4.69) is 0 Å². The van der Waals surface area contributed by atoms with Crippen LogP contribution in [0.2, 0.25) is 0 Å². The minimum absolute atomic E-state index is 0.0789. The van der Waals surface area contributed by atoms with Gasteiger partial charge >= 0.3 is 0 Å². The van der Waals surface area contributed by atoms with Crippen molar-refractivity contribution in [1.29, 1.82) is 0 Å². The van der Waals surface area contributed by atoms with Crippen molar-refractivity contribution < 1.29 is 22.7 Å². The van der Waals surface area contributed by atoms with Gasteiger partial charge in [0.25, 0.3) is 0 Å². The second kappa shape index (κ2) is 7.67. The van der Waals surface area contributed by atoms with Gasteiger partial charge in [-0.1, -0.05) is 18.2 Å². The molecule has 7 heteroatoms. The molecule has 0 atom stereocenters. The normalized spacial score (nSPS) is 11.4. The monoisotopic (exact) mass is 363 g/mol. The van der Waals surface area contributed by atoms with Crippen LogP contribution < -0.4 is 9.47 Å². The Morgan fingerprint density at radius 2 is 1.80 bits per heavy atom. The molecule has 0 aliphatic carbocycles. The second-order valence-corrected chi connectivity index (χ2v) is 7.57. The third-order valence-electron chi connectivity index (χ3n) is 3.84. The largest absolute Gasteiger partial charge is 0.497 e. The van der Waals surface area contributed by atoms with E-state index < -0.39 is 10.0 Å². The highest BCUT2D eigenvalue weighted by Gasteiger charge is 2.23. The smallest absolute Gasteiger partial charge is 0.243 e. The number of ether oxygens (including phenoxy) is 2. The Morgan fingerprint density at radius 1 is 1.08 bits per heavy atom. The average Bonchev–Trinajstić information content (AvgIpc) is 2.61. The molecule has 2 aromatic rings. The third kappa shape index (κ3) is 4.18. The lowest BCUT2D eigenvalue weighted by atomic mass is 10.2. The molecule has 0 spiro atoms. The first-order chi connectivity index (χ1) is 11.8. The van der Waals surface area contributed by atoms with Crippen LogP contribution in [0.1, 0.15) is 22.8 Å². The summed E-state index contributed by atoms with van der Waals surface area (Å²) in [7, 11) is 0.812. The molecule has 0 aliphatic heterocycles. The Kier molecular flexibility index (Phi) is 5.81. The minimum Gasteiger partial charge on any atom is -0.497 e. The molecule has 0 radical (unpaired) electrons. The van der Waals surface area contributed by atoms with E-state index in [4.69, 9.17) is 9.47 Å². The summed E-state index contributed by atoms with van der Waals surface area (Å²) in [5, 5.41) is 0. The van der Waals surface area contributed by atoms with E-state index in [9.17, 15) is 13.2 Å². The van der Waals surface area contributed by atoms with Gasteiger partial charge in [0.05, 0.1) is 19.1 Å². The van der Waals surface area contributed by atoms with Crippen molar-refractivity contribution in [3.05, 3.63) is 53.6 Å². The van der Waals surface area contributed by atoms with Gasteiger partial charge in [-0.05, 0) is 25.1 Å². The topological polar surface area (TPSA) is 72.9 Å². The fourth-order valence-corrected chi connectivity index (χ4v) is 3.56. The van der Waals surface area contributed by atoms with Crippen LogP contribution in [0.4, 0.5) is 0 Å². The zero-order chi connectivity index (χ0) is 18.6. The van der Waals surface area contributed by atoms with Crippen LogP contribution in [0.15, 0.2) is 47.4 Å². The number of carbonyl (C=O) groups excluding carboxylic acids is 1. The molecular formula is C18H21NO5S. The fraction of sp³-hybridized carbons (Fsp3) is 0.278. The van der Waals surface area contributed by atoms with Crippen LogP contribution in [0.5, 0.6) is 11.5 Å². The minimum atomic E-state index is -3.74. The number of methoxy groups -OCH3 is 2. The van der Waals surface area contributed by atoms with Crippen molar-refractivity contribution in [2.45, 2.75) is 18.4 Å². The summed E-state index contributed by atoms with van der Waals surface area (Å²) in [6.07, 6.45) is 0. The van der Waals surface area contributed by atoms with Gasteiger partial charge in [-0.3, -0.25) is 4.79 Å². The maximum atomic E-state index is 12.8. The molecule has 0 aromatic heterocycles. The third-order valence-corrected chi connectivity index (χ3v) is 5.64. The van der Waals surface area contributed by atoms with Crippen LogP contribution in [0.3, 0.4) is 0 Å². The van der Waals surface area contributed by atoms with Crippen molar-refractivity contribution >= 4 is 15.8 Å². The number of nitrogens with zero attached hydrogens (tertiary/aromatic N) is 1. The maximum absolute atomic E-state index is 12.8. The summed E-state index contributed by atoms with van der Waals surface area (Å²) in [5.74, 6) is 0.982. The van der Waals surface area contributed by atoms with Crippen molar-refractivity contribution in [1.82, 2.24) is 4.31 Å². The molecule has 0 aliphatic rings. The Bertz CT molecular complexity index is 877. The molecule has 2 aromatic carbocycles. The lowest BCUT2D eigenvalue weighted by Crippen LogP contribution is -2.26. The van der Waals surface area contributed by atoms with Crippen LogP contribution in [-0.2, 0) is 16.6 Å². The Morgan fingerprint density at radius 3 is 2.40 bits per heavy atom. The number of rotatable bonds is 7. The highest BCUT2D eigenvalue weighted by Crippen LogP contribution is 2.27. The zero-order valence-electron chi connectivity index (χ0n) is 14.6. The Balaban J connectivity index is 2.32. The molecule has 134 valence electrons. The first-order valence-electron chi connectivity index (χ1n) is 7.58. The molecule has 0 saturated carbocycles. The van der Waals surface area contributed by atoms with E-state index in [0.29, 0.717) is 22.6 Å². The van der Waals surface area contributed by atoms with E-state index in [1.54, 1.807) is 37.4 Å². The SMILES string of the molecule is COc1ccc(CN(C)S(=O)(=O)c2cccc(C(C)=O)c2)c(OC)c1. The van der Waals surface area contributed by atoms with Gasteiger partial charge in [-0.25, -0.2) is 8.42 Å². The molecule has 0 saturated heterocycles. The fourth-order valence-electron chi connectivity index (χ4n) is 2.36. The molecule has 0 fully saturated rings. The lowest BCUT2D eigenvalue weighted by molar-refractivity contribution is 0.101. The Labute approximate surface area is 148 Å². The van der Waals surface area contributed by atoms with Crippen molar-refractivity contribution in [3.8, 4) is 11.5 Å². The van der Waals surface area contributed by atoms with E-state index in [1.165, 1.54) is 37.5 Å². The molecule has 0 N–H and O–H groups in total. The van der Waals surface area contributed by atoms with Gasteiger partial charge in [-0.2, -0.15) is 4.31 Å². The highest BCUT2D eigenvalue weighted by atomic mass is 32.2. The van der Waals surface area contributed by atoms with E-state index in [1.807, 2.05) is 0 Å². The number of carbonyl (C=O) groups is 1. The van der Waals surface area contributed by atoms with Crippen molar-refractivity contribution in [3.63, 3.8) is 0 Å². The first-order valence-corrected chi connectivity index (χ1v) is 9.02. The van der Waals surface area contributed by atoms with Crippen LogP contribution in [0.25, 0.3) is 0 Å².